The summed E-state index contributed by atoms with van der Waals surface area (Å²) in [7, 11) is -3.69. The first-order chi connectivity index (χ1) is 12.5. The van der Waals surface area contributed by atoms with Gasteiger partial charge in [-0.3, -0.25) is 4.79 Å². The average molecular weight is 372 g/mol. The van der Waals surface area contributed by atoms with Crippen LogP contribution in [-0.4, -0.2) is 49.7 Å². The number of benzene rings is 2. The van der Waals surface area contributed by atoms with Gasteiger partial charge in [0, 0.05) is 37.7 Å². The van der Waals surface area contributed by atoms with Crippen LogP contribution in [0.15, 0.2) is 59.5 Å². The van der Waals surface area contributed by atoms with Gasteiger partial charge in [0.15, 0.2) is 0 Å². The first-order valence-electron chi connectivity index (χ1n) is 8.08. The third-order valence-corrected chi connectivity index (χ3v) is 5.98. The van der Waals surface area contributed by atoms with Gasteiger partial charge >= 0.3 is 0 Å². The van der Waals surface area contributed by atoms with Crippen molar-refractivity contribution in [3.05, 3.63) is 66.0 Å². The van der Waals surface area contributed by atoms with E-state index in [0.29, 0.717) is 0 Å². The fourth-order valence-electron chi connectivity index (χ4n) is 2.61. The maximum atomic E-state index is 13.0. The highest BCUT2D eigenvalue weighted by molar-refractivity contribution is 7.89. The Morgan fingerprint density at radius 2 is 1.54 bits per heavy atom. The molecule has 0 spiro atoms. The Bertz CT molecular complexity index is 940. The molecule has 1 saturated heterocycles. The molecule has 5 nitrogen and oxygen atoms in total. The number of carbonyl (C=O) groups is 1. The number of nitrogens with zero attached hydrogens (tertiary/aromatic N) is 2. The molecule has 0 radical (unpaired) electrons. The van der Waals surface area contributed by atoms with Crippen LogP contribution in [-0.2, 0) is 14.8 Å². The molecule has 2 aromatic carbocycles. The first-order valence-corrected chi connectivity index (χ1v) is 9.52. The SMILES string of the molecule is O=C(C#Cc1ccccc1)N1CCN(S(=O)(=O)c2ccc(F)cc2)CC1. The molecule has 0 N–H and O–H groups in total. The second-order valence-corrected chi connectivity index (χ2v) is 7.70. The number of hydrogen-bond donors (Lipinski definition) is 0. The molecule has 0 aliphatic carbocycles. The second kappa shape index (κ2) is 7.68. The van der Waals surface area contributed by atoms with Gasteiger partial charge in [0.25, 0.3) is 5.91 Å². The highest BCUT2D eigenvalue weighted by Crippen LogP contribution is 2.18. The van der Waals surface area contributed by atoms with E-state index in [4.69, 9.17) is 0 Å². The quantitative estimate of drug-likeness (QED) is 0.754. The summed E-state index contributed by atoms with van der Waals surface area (Å²) in [5.41, 5.74) is 0.748. The summed E-state index contributed by atoms with van der Waals surface area (Å²) < 4.78 is 39.4. The molecule has 1 amide bonds. The molecular formula is C19H17FN2O3S. The van der Waals surface area contributed by atoms with Crippen molar-refractivity contribution in [2.75, 3.05) is 26.2 Å². The zero-order chi connectivity index (χ0) is 18.6. The Kier molecular flexibility index (Phi) is 5.35. The molecule has 0 saturated carbocycles. The van der Waals surface area contributed by atoms with E-state index in [0.717, 1.165) is 17.7 Å². The Morgan fingerprint density at radius 3 is 2.15 bits per heavy atom. The van der Waals surface area contributed by atoms with Gasteiger partial charge in [-0.1, -0.05) is 24.1 Å². The predicted octanol–water partition coefficient (Wildman–Crippen LogP) is 1.71. The average Bonchev–Trinajstić information content (AvgIpc) is 2.67. The van der Waals surface area contributed by atoms with Gasteiger partial charge in [-0.2, -0.15) is 4.31 Å². The molecule has 2 aromatic rings. The number of carbonyl (C=O) groups excluding carboxylic acids is 1. The van der Waals surface area contributed by atoms with Gasteiger partial charge in [0.2, 0.25) is 10.0 Å². The minimum atomic E-state index is -3.69. The van der Waals surface area contributed by atoms with Gasteiger partial charge in [0.05, 0.1) is 4.90 Å². The lowest BCUT2D eigenvalue weighted by atomic mass is 10.2. The molecule has 1 aliphatic heterocycles. The van der Waals surface area contributed by atoms with Crippen LogP contribution in [0.3, 0.4) is 0 Å². The summed E-state index contributed by atoms with van der Waals surface area (Å²) in [6.45, 7) is 0.891. The van der Waals surface area contributed by atoms with Crippen LogP contribution >= 0.6 is 0 Å². The van der Waals surface area contributed by atoms with Gasteiger partial charge in [0.1, 0.15) is 5.82 Å². The Hall–Kier alpha value is -2.69. The molecular weight excluding hydrogens is 355 g/mol. The monoisotopic (exact) mass is 372 g/mol. The predicted molar refractivity (Wildman–Crippen MR) is 95.1 cm³/mol. The van der Waals surface area contributed by atoms with E-state index in [1.54, 1.807) is 0 Å². The summed E-state index contributed by atoms with van der Waals surface area (Å²) in [5.74, 6) is 4.58. The van der Waals surface area contributed by atoms with Crippen molar-refractivity contribution in [1.82, 2.24) is 9.21 Å². The largest absolute Gasteiger partial charge is 0.329 e. The lowest BCUT2D eigenvalue weighted by Gasteiger charge is -2.32. The molecule has 7 heteroatoms. The highest BCUT2D eigenvalue weighted by Gasteiger charge is 2.29. The molecule has 0 aromatic heterocycles. The van der Waals surface area contributed by atoms with Crippen LogP contribution in [0, 0.1) is 17.7 Å². The summed E-state index contributed by atoms with van der Waals surface area (Å²) in [6, 6.07) is 13.9. The minimum Gasteiger partial charge on any atom is -0.329 e. The van der Waals surface area contributed by atoms with Crippen molar-refractivity contribution in [3.8, 4) is 11.8 Å². The van der Waals surface area contributed by atoms with Crippen LogP contribution in [0.25, 0.3) is 0 Å². The van der Waals surface area contributed by atoms with Gasteiger partial charge in [-0.15, -0.1) is 0 Å². The van der Waals surface area contributed by atoms with E-state index in [9.17, 15) is 17.6 Å². The fourth-order valence-corrected chi connectivity index (χ4v) is 4.04. The van der Waals surface area contributed by atoms with E-state index >= 15 is 0 Å². The molecule has 0 atom stereocenters. The minimum absolute atomic E-state index is 0.0440. The zero-order valence-electron chi connectivity index (χ0n) is 13.9. The zero-order valence-corrected chi connectivity index (χ0v) is 14.7. The maximum absolute atomic E-state index is 13.0. The normalized spacial score (nSPS) is 15.2. The van der Waals surface area contributed by atoms with Crippen molar-refractivity contribution < 1.29 is 17.6 Å². The number of piperazine rings is 1. The lowest BCUT2D eigenvalue weighted by Crippen LogP contribution is -2.50. The molecule has 0 bridgehead atoms. The topological polar surface area (TPSA) is 57.7 Å². The summed E-state index contributed by atoms with van der Waals surface area (Å²) in [6.07, 6.45) is 0. The van der Waals surface area contributed by atoms with E-state index < -0.39 is 15.8 Å². The Labute approximate surface area is 152 Å². The first kappa shape index (κ1) is 18.1. The highest BCUT2D eigenvalue weighted by atomic mass is 32.2. The Balaban J connectivity index is 1.63. The van der Waals surface area contributed by atoms with E-state index in [1.165, 1.54) is 21.3 Å². The van der Waals surface area contributed by atoms with Crippen molar-refractivity contribution in [1.29, 1.82) is 0 Å². The molecule has 1 aliphatic rings. The summed E-state index contributed by atoms with van der Waals surface area (Å²) >= 11 is 0. The van der Waals surface area contributed by atoms with Crippen LogP contribution in [0.1, 0.15) is 5.56 Å². The van der Waals surface area contributed by atoms with Gasteiger partial charge in [-0.25, -0.2) is 12.8 Å². The van der Waals surface area contributed by atoms with Crippen molar-refractivity contribution in [3.63, 3.8) is 0 Å². The van der Waals surface area contributed by atoms with E-state index in [1.807, 2.05) is 30.3 Å². The molecule has 1 heterocycles. The fraction of sp³-hybridized carbons (Fsp3) is 0.211. The van der Waals surface area contributed by atoms with E-state index in [-0.39, 0.29) is 37.0 Å². The van der Waals surface area contributed by atoms with Crippen LogP contribution in [0.5, 0.6) is 0 Å². The Morgan fingerprint density at radius 1 is 0.923 bits per heavy atom. The van der Waals surface area contributed by atoms with Gasteiger partial charge in [-0.05, 0) is 36.4 Å². The van der Waals surface area contributed by atoms with Crippen molar-refractivity contribution in [2.45, 2.75) is 4.90 Å². The molecule has 0 unspecified atom stereocenters. The van der Waals surface area contributed by atoms with Crippen LogP contribution < -0.4 is 0 Å². The number of rotatable bonds is 2. The lowest BCUT2D eigenvalue weighted by molar-refractivity contribution is -0.126. The number of amides is 1. The number of sulfonamides is 1. The number of hydrogen-bond acceptors (Lipinski definition) is 3. The van der Waals surface area contributed by atoms with Crippen molar-refractivity contribution in [2.24, 2.45) is 0 Å². The summed E-state index contributed by atoms with van der Waals surface area (Å²) in [4.78, 5) is 13.8. The molecule has 134 valence electrons. The third-order valence-electron chi connectivity index (χ3n) is 4.06. The van der Waals surface area contributed by atoms with Crippen LogP contribution in [0.2, 0.25) is 0 Å². The second-order valence-electron chi connectivity index (χ2n) is 5.77. The van der Waals surface area contributed by atoms with Crippen LogP contribution in [0.4, 0.5) is 4.39 Å². The van der Waals surface area contributed by atoms with Crippen molar-refractivity contribution >= 4 is 15.9 Å². The number of halogens is 1. The van der Waals surface area contributed by atoms with E-state index in [2.05, 4.69) is 11.8 Å². The smallest absolute Gasteiger partial charge is 0.298 e. The standard InChI is InChI=1S/C19H17FN2O3S/c20-17-7-9-18(10-8-17)26(24,25)22-14-12-21(13-15-22)19(23)11-6-16-4-2-1-3-5-16/h1-5,7-10H,12-15H2. The molecule has 26 heavy (non-hydrogen) atoms. The molecule has 3 rings (SSSR count). The maximum Gasteiger partial charge on any atom is 0.298 e. The summed E-state index contributed by atoms with van der Waals surface area (Å²) in [5, 5.41) is 0. The molecule has 1 fully saturated rings. The third kappa shape index (κ3) is 4.10. The van der Waals surface area contributed by atoms with Gasteiger partial charge < -0.3 is 4.90 Å².